The quantitative estimate of drug-likeness (QED) is 0.631. The molecule has 0 bridgehead atoms. The lowest BCUT2D eigenvalue weighted by atomic mass is 10.0. The van der Waals surface area contributed by atoms with Crippen LogP contribution in [0.2, 0.25) is 0 Å². The molecule has 0 atom stereocenters. The van der Waals surface area contributed by atoms with Crippen LogP contribution in [0.15, 0.2) is 6.33 Å². The molecule has 22 heavy (non-hydrogen) atoms. The molecule has 0 aliphatic carbocycles. The van der Waals surface area contributed by atoms with Gasteiger partial charge in [0.25, 0.3) is 0 Å². The van der Waals surface area contributed by atoms with Crippen LogP contribution in [0.1, 0.15) is 12.8 Å². The van der Waals surface area contributed by atoms with E-state index in [1.165, 1.54) is 6.33 Å². The lowest BCUT2D eigenvalue weighted by Crippen LogP contribution is -2.42. The first-order valence-electron chi connectivity index (χ1n) is 7.25. The van der Waals surface area contributed by atoms with Crippen molar-refractivity contribution in [3.8, 4) is 0 Å². The minimum absolute atomic E-state index is 0.0855. The number of hydrazine groups is 1. The molecule has 0 amide bonds. The number of likely N-dealkylation sites (tertiary alicyclic amines) is 1. The summed E-state index contributed by atoms with van der Waals surface area (Å²) in [6.45, 7) is 1.97. The van der Waals surface area contributed by atoms with Gasteiger partial charge in [-0.2, -0.15) is 0 Å². The number of piperidine rings is 1. The molecular weight excluding hydrogens is 286 g/mol. The Kier molecular flexibility index (Phi) is 5.09. The normalized spacial score (nSPS) is 16.8. The molecule has 0 radical (unpaired) electrons. The van der Waals surface area contributed by atoms with Gasteiger partial charge < -0.3 is 9.80 Å². The second-order valence-electron chi connectivity index (χ2n) is 5.80. The summed E-state index contributed by atoms with van der Waals surface area (Å²) in [7, 11) is 7.46. The van der Waals surface area contributed by atoms with Gasteiger partial charge in [0.15, 0.2) is 0 Å². The monoisotopic (exact) mass is 309 g/mol. The second-order valence-corrected chi connectivity index (χ2v) is 5.80. The molecule has 1 fully saturated rings. The number of rotatable bonds is 5. The van der Waals surface area contributed by atoms with E-state index in [0.29, 0.717) is 5.82 Å². The molecule has 2 heterocycles. The topological polar surface area (TPSA) is 90.7 Å². The van der Waals surface area contributed by atoms with Gasteiger partial charge in [-0.3, -0.25) is 15.5 Å². The minimum Gasteiger partial charge on any atom is -0.351 e. The number of hydrogen-bond donors (Lipinski definition) is 1. The molecule has 9 heteroatoms. The molecule has 1 N–H and O–H groups in total. The van der Waals surface area contributed by atoms with E-state index in [2.05, 4.69) is 27.3 Å². The maximum absolute atomic E-state index is 11.5. The third-order valence-electron chi connectivity index (χ3n) is 3.88. The van der Waals surface area contributed by atoms with Crippen molar-refractivity contribution in [2.45, 2.75) is 18.9 Å². The van der Waals surface area contributed by atoms with Gasteiger partial charge in [-0.1, -0.05) is 0 Å². The summed E-state index contributed by atoms with van der Waals surface area (Å²) in [5.41, 5.74) is 2.78. The van der Waals surface area contributed by atoms with E-state index in [0.717, 1.165) is 25.9 Å². The highest BCUT2D eigenvalue weighted by Gasteiger charge is 2.30. The summed E-state index contributed by atoms with van der Waals surface area (Å²) in [5, 5.41) is 13.1. The Morgan fingerprint density at radius 3 is 2.50 bits per heavy atom. The van der Waals surface area contributed by atoms with Crippen molar-refractivity contribution in [3.05, 3.63) is 16.4 Å². The zero-order chi connectivity index (χ0) is 16.3. The summed E-state index contributed by atoms with van der Waals surface area (Å²) in [5.74, 6) is 0.568. The highest BCUT2D eigenvalue weighted by atomic mass is 16.6. The molecule has 1 aromatic heterocycles. The predicted molar refractivity (Wildman–Crippen MR) is 84.9 cm³/mol. The van der Waals surface area contributed by atoms with Crippen LogP contribution in [0.25, 0.3) is 0 Å². The van der Waals surface area contributed by atoms with E-state index in [4.69, 9.17) is 0 Å². The Hall–Kier alpha value is -2.00. The smallest absolute Gasteiger partial charge is 0.351 e. The van der Waals surface area contributed by atoms with E-state index in [1.54, 1.807) is 19.1 Å². The lowest BCUT2D eigenvalue weighted by Gasteiger charge is -2.35. The Morgan fingerprint density at radius 2 is 1.95 bits per heavy atom. The van der Waals surface area contributed by atoms with Crippen LogP contribution in [-0.4, -0.2) is 72.1 Å². The molecule has 0 saturated carbocycles. The van der Waals surface area contributed by atoms with Crippen LogP contribution in [-0.2, 0) is 0 Å². The summed E-state index contributed by atoms with van der Waals surface area (Å²) < 4.78 is 0. The van der Waals surface area contributed by atoms with Gasteiger partial charge in [-0.25, -0.2) is 15.0 Å². The summed E-state index contributed by atoms with van der Waals surface area (Å²) in [6.07, 6.45) is 3.29. The fourth-order valence-electron chi connectivity index (χ4n) is 2.64. The highest BCUT2D eigenvalue weighted by molar-refractivity contribution is 5.70. The van der Waals surface area contributed by atoms with Gasteiger partial charge in [0.2, 0.25) is 11.6 Å². The zero-order valence-electron chi connectivity index (χ0n) is 13.5. The average molecular weight is 309 g/mol. The van der Waals surface area contributed by atoms with Gasteiger partial charge in [-0.05, 0) is 33.0 Å². The summed E-state index contributed by atoms with van der Waals surface area (Å²) >= 11 is 0. The molecule has 1 aliphatic rings. The van der Waals surface area contributed by atoms with Crippen molar-refractivity contribution in [1.82, 2.24) is 19.9 Å². The number of nitrogens with one attached hydrogen (secondary N) is 1. The average Bonchev–Trinajstić information content (AvgIpc) is 2.46. The Balaban J connectivity index is 2.31. The first kappa shape index (κ1) is 16.4. The first-order valence-corrected chi connectivity index (χ1v) is 7.25. The van der Waals surface area contributed by atoms with Crippen molar-refractivity contribution in [3.63, 3.8) is 0 Å². The summed E-state index contributed by atoms with van der Waals surface area (Å²) in [4.78, 5) is 23.4. The lowest BCUT2D eigenvalue weighted by molar-refractivity contribution is -0.383. The van der Waals surface area contributed by atoms with Crippen molar-refractivity contribution in [2.24, 2.45) is 0 Å². The van der Waals surface area contributed by atoms with Gasteiger partial charge in [0.05, 0.1) is 4.92 Å². The van der Waals surface area contributed by atoms with Crippen LogP contribution < -0.4 is 10.3 Å². The molecule has 9 nitrogen and oxygen atoms in total. The third-order valence-corrected chi connectivity index (χ3v) is 3.88. The second kappa shape index (κ2) is 6.84. The van der Waals surface area contributed by atoms with Gasteiger partial charge in [0, 0.05) is 27.2 Å². The van der Waals surface area contributed by atoms with Crippen LogP contribution in [0.3, 0.4) is 0 Å². The first-order chi connectivity index (χ1) is 10.4. The number of aromatic nitrogens is 2. The van der Waals surface area contributed by atoms with Gasteiger partial charge in [0.1, 0.15) is 6.33 Å². The SMILES string of the molecule is CN1CCC(N(C)c2ncnc(NN(C)C)c2[N+](=O)[O-])CC1. The van der Waals surface area contributed by atoms with Crippen LogP contribution in [0.4, 0.5) is 17.3 Å². The molecule has 1 aliphatic heterocycles. The van der Waals surface area contributed by atoms with Crippen LogP contribution >= 0.6 is 0 Å². The maximum atomic E-state index is 11.5. The van der Waals surface area contributed by atoms with E-state index in [9.17, 15) is 10.1 Å². The number of anilines is 2. The highest BCUT2D eigenvalue weighted by Crippen LogP contribution is 2.33. The molecule has 1 saturated heterocycles. The number of nitrogens with zero attached hydrogens (tertiary/aromatic N) is 6. The van der Waals surface area contributed by atoms with E-state index in [1.807, 2.05) is 11.9 Å². The maximum Gasteiger partial charge on any atom is 0.354 e. The Bertz CT molecular complexity index is 529. The van der Waals surface area contributed by atoms with E-state index < -0.39 is 4.92 Å². The van der Waals surface area contributed by atoms with Gasteiger partial charge >= 0.3 is 5.69 Å². The fraction of sp³-hybridized carbons (Fsp3) is 0.692. The molecule has 0 aromatic carbocycles. The molecule has 0 spiro atoms. The van der Waals surface area contributed by atoms with Crippen molar-refractivity contribution in [1.29, 1.82) is 0 Å². The van der Waals surface area contributed by atoms with Gasteiger partial charge in [-0.15, -0.1) is 0 Å². The fourth-order valence-corrected chi connectivity index (χ4v) is 2.64. The van der Waals surface area contributed by atoms with Crippen molar-refractivity contribution in [2.75, 3.05) is 51.6 Å². The number of nitro groups is 1. The Labute approximate surface area is 130 Å². The summed E-state index contributed by atoms with van der Waals surface area (Å²) in [6, 6.07) is 0.247. The molecular formula is C13H23N7O2. The zero-order valence-corrected chi connectivity index (χ0v) is 13.5. The largest absolute Gasteiger partial charge is 0.354 e. The molecule has 2 rings (SSSR count). The Morgan fingerprint density at radius 1 is 1.32 bits per heavy atom. The molecule has 0 unspecified atom stereocenters. The van der Waals surface area contributed by atoms with E-state index in [-0.39, 0.29) is 17.5 Å². The van der Waals surface area contributed by atoms with Crippen molar-refractivity contribution >= 4 is 17.3 Å². The number of hydrogen-bond acceptors (Lipinski definition) is 8. The molecule has 1 aromatic rings. The van der Waals surface area contributed by atoms with Crippen molar-refractivity contribution < 1.29 is 4.92 Å². The molecule has 122 valence electrons. The van der Waals surface area contributed by atoms with Crippen LogP contribution in [0, 0.1) is 10.1 Å². The standard InChI is InChI=1S/C13H23N7O2/c1-17(2)16-12-11(20(21)22)13(15-9-14-12)19(4)10-5-7-18(3)8-6-10/h9-10H,5-8H2,1-4H3,(H,14,15,16). The third kappa shape index (κ3) is 3.60. The van der Waals surface area contributed by atoms with E-state index >= 15 is 0 Å². The predicted octanol–water partition coefficient (Wildman–Crippen LogP) is 0.804. The van der Waals surface area contributed by atoms with Crippen LogP contribution in [0.5, 0.6) is 0 Å². The minimum atomic E-state index is -0.424.